The van der Waals surface area contributed by atoms with Gasteiger partial charge in [0.05, 0.1) is 6.04 Å². The van der Waals surface area contributed by atoms with Crippen LogP contribution in [-0.4, -0.2) is 31.4 Å². The molecule has 5 nitrogen and oxygen atoms in total. The van der Waals surface area contributed by atoms with Gasteiger partial charge in [0, 0.05) is 17.8 Å². The highest BCUT2D eigenvalue weighted by Crippen LogP contribution is 2.11. The fraction of sp³-hybridized carbons (Fsp3) is 0.429. The van der Waals surface area contributed by atoms with Crippen LogP contribution in [0.2, 0.25) is 0 Å². The average molecular weight is 263 g/mol. The van der Waals surface area contributed by atoms with Crippen LogP contribution in [0.1, 0.15) is 30.6 Å². The monoisotopic (exact) mass is 263 g/mol. The van der Waals surface area contributed by atoms with Crippen LogP contribution in [0, 0.1) is 0 Å². The lowest BCUT2D eigenvalue weighted by molar-refractivity contribution is -0.117. The van der Waals surface area contributed by atoms with Crippen molar-refractivity contribution in [2.75, 3.05) is 18.9 Å². The third-order valence-electron chi connectivity index (χ3n) is 2.75. The van der Waals surface area contributed by atoms with Crippen molar-refractivity contribution >= 4 is 17.5 Å². The third-order valence-corrected chi connectivity index (χ3v) is 2.75. The zero-order valence-electron chi connectivity index (χ0n) is 11.6. The van der Waals surface area contributed by atoms with Crippen molar-refractivity contribution < 1.29 is 9.59 Å². The Morgan fingerprint density at radius 2 is 2.05 bits per heavy atom. The minimum atomic E-state index is -0.280. The summed E-state index contributed by atoms with van der Waals surface area (Å²) >= 11 is 0. The van der Waals surface area contributed by atoms with E-state index >= 15 is 0 Å². The molecule has 1 aromatic rings. The Hall–Kier alpha value is -1.88. The predicted molar refractivity (Wildman–Crippen MR) is 76.2 cm³/mol. The van der Waals surface area contributed by atoms with Gasteiger partial charge in [-0.1, -0.05) is 13.0 Å². The van der Waals surface area contributed by atoms with E-state index in [0.717, 1.165) is 6.42 Å². The van der Waals surface area contributed by atoms with E-state index in [1.54, 1.807) is 38.2 Å². The van der Waals surface area contributed by atoms with Crippen molar-refractivity contribution in [3.05, 3.63) is 29.8 Å². The molecule has 0 aliphatic rings. The zero-order chi connectivity index (χ0) is 14.3. The van der Waals surface area contributed by atoms with Crippen molar-refractivity contribution in [3.8, 4) is 0 Å². The minimum absolute atomic E-state index is 0.125. The highest BCUT2D eigenvalue weighted by Gasteiger charge is 2.11. The summed E-state index contributed by atoms with van der Waals surface area (Å²) in [6.45, 7) is 4.41. The molecule has 3 N–H and O–H groups in total. The number of nitrogens with one attached hydrogen (secondary N) is 3. The van der Waals surface area contributed by atoms with Gasteiger partial charge >= 0.3 is 0 Å². The van der Waals surface area contributed by atoms with Gasteiger partial charge < -0.3 is 16.0 Å². The summed E-state index contributed by atoms with van der Waals surface area (Å²) in [5.74, 6) is -0.256. The second-order valence-corrected chi connectivity index (χ2v) is 4.34. The van der Waals surface area contributed by atoms with Gasteiger partial charge in [0.2, 0.25) is 5.91 Å². The molecule has 0 bridgehead atoms. The molecular weight excluding hydrogens is 242 g/mol. The molecule has 1 unspecified atom stereocenters. The van der Waals surface area contributed by atoms with Crippen LogP contribution in [0.3, 0.4) is 0 Å². The van der Waals surface area contributed by atoms with Gasteiger partial charge in [0.1, 0.15) is 0 Å². The van der Waals surface area contributed by atoms with Crippen LogP contribution in [0.25, 0.3) is 0 Å². The molecule has 1 atom stereocenters. The van der Waals surface area contributed by atoms with E-state index in [4.69, 9.17) is 0 Å². The lowest BCUT2D eigenvalue weighted by atomic mass is 10.2. The smallest absolute Gasteiger partial charge is 0.251 e. The summed E-state index contributed by atoms with van der Waals surface area (Å²) in [6.07, 6.45) is 0.891. The number of hydrogen-bond acceptors (Lipinski definition) is 3. The number of hydrogen-bond donors (Lipinski definition) is 3. The maximum absolute atomic E-state index is 11.8. The molecule has 0 aliphatic heterocycles. The first kappa shape index (κ1) is 15.2. The summed E-state index contributed by atoms with van der Waals surface area (Å²) in [7, 11) is 1.72. The Kier molecular flexibility index (Phi) is 6.02. The summed E-state index contributed by atoms with van der Waals surface area (Å²) in [6, 6.07) is 6.63. The van der Waals surface area contributed by atoms with Crippen molar-refractivity contribution in [2.45, 2.75) is 26.3 Å². The van der Waals surface area contributed by atoms with E-state index in [1.165, 1.54) is 0 Å². The van der Waals surface area contributed by atoms with E-state index in [0.29, 0.717) is 17.8 Å². The van der Waals surface area contributed by atoms with E-state index in [-0.39, 0.29) is 17.9 Å². The molecule has 0 saturated heterocycles. The van der Waals surface area contributed by atoms with Crippen LogP contribution in [-0.2, 0) is 4.79 Å². The molecule has 0 radical (unpaired) electrons. The largest absolute Gasteiger partial charge is 0.352 e. The fourth-order valence-electron chi connectivity index (χ4n) is 1.46. The first-order chi connectivity index (χ1) is 9.08. The summed E-state index contributed by atoms with van der Waals surface area (Å²) in [5.41, 5.74) is 1.17. The standard InChI is InChI=1S/C14H21N3O2/c1-4-8-16-14(19)11-6-5-7-12(9-11)17-13(18)10(2)15-3/h5-7,9-10,15H,4,8H2,1-3H3,(H,16,19)(H,17,18). The number of likely N-dealkylation sites (N-methyl/N-ethyl adjacent to an activating group) is 1. The number of anilines is 1. The van der Waals surface area contributed by atoms with E-state index < -0.39 is 0 Å². The third kappa shape index (κ3) is 4.71. The lowest BCUT2D eigenvalue weighted by Gasteiger charge is -2.12. The Morgan fingerprint density at radius 1 is 1.32 bits per heavy atom. The number of carbonyl (C=O) groups is 2. The van der Waals surface area contributed by atoms with E-state index in [2.05, 4.69) is 16.0 Å². The van der Waals surface area contributed by atoms with Crippen molar-refractivity contribution in [1.82, 2.24) is 10.6 Å². The topological polar surface area (TPSA) is 70.2 Å². The first-order valence-corrected chi connectivity index (χ1v) is 6.44. The highest BCUT2D eigenvalue weighted by atomic mass is 16.2. The van der Waals surface area contributed by atoms with Gasteiger partial charge in [0.25, 0.3) is 5.91 Å². The van der Waals surface area contributed by atoms with Crippen LogP contribution in [0.15, 0.2) is 24.3 Å². The van der Waals surface area contributed by atoms with Crippen LogP contribution >= 0.6 is 0 Å². The van der Waals surface area contributed by atoms with Gasteiger partial charge in [-0.15, -0.1) is 0 Å². The summed E-state index contributed by atoms with van der Waals surface area (Å²) < 4.78 is 0. The maximum Gasteiger partial charge on any atom is 0.251 e. The number of rotatable bonds is 6. The molecule has 104 valence electrons. The van der Waals surface area contributed by atoms with Crippen LogP contribution < -0.4 is 16.0 Å². The Bertz CT molecular complexity index is 446. The van der Waals surface area contributed by atoms with Gasteiger partial charge in [-0.2, -0.15) is 0 Å². The van der Waals surface area contributed by atoms with Crippen LogP contribution in [0.4, 0.5) is 5.69 Å². The maximum atomic E-state index is 11.8. The molecule has 0 aliphatic carbocycles. The highest BCUT2D eigenvalue weighted by molar-refractivity contribution is 5.98. The molecule has 0 spiro atoms. The van der Waals surface area contributed by atoms with E-state index in [9.17, 15) is 9.59 Å². The number of amides is 2. The Morgan fingerprint density at radius 3 is 2.68 bits per heavy atom. The van der Waals surface area contributed by atoms with Gasteiger partial charge in [-0.25, -0.2) is 0 Å². The number of benzene rings is 1. The Labute approximate surface area is 113 Å². The molecule has 1 rings (SSSR count). The summed E-state index contributed by atoms with van der Waals surface area (Å²) in [5, 5.41) is 8.42. The lowest BCUT2D eigenvalue weighted by Crippen LogP contribution is -2.35. The van der Waals surface area contributed by atoms with Crippen molar-refractivity contribution in [1.29, 1.82) is 0 Å². The first-order valence-electron chi connectivity index (χ1n) is 6.44. The SMILES string of the molecule is CCCNC(=O)c1cccc(NC(=O)C(C)NC)c1. The predicted octanol–water partition coefficient (Wildman–Crippen LogP) is 1.37. The fourth-order valence-corrected chi connectivity index (χ4v) is 1.46. The molecule has 19 heavy (non-hydrogen) atoms. The van der Waals surface area contributed by atoms with Crippen molar-refractivity contribution in [3.63, 3.8) is 0 Å². The number of carbonyl (C=O) groups excluding carboxylic acids is 2. The molecule has 1 aromatic carbocycles. The summed E-state index contributed by atoms with van der Waals surface area (Å²) in [4.78, 5) is 23.5. The quantitative estimate of drug-likeness (QED) is 0.726. The normalized spacial score (nSPS) is 11.7. The molecule has 0 heterocycles. The molecular formula is C14H21N3O2. The average Bonchev–Trinajstić information content (AvgIpc) is 2.43. The minimum Gasteiger partial charge on any atom is -0.352 e. The second kappa shape index (κ2) is 7.53. The molecule has 0 fully saturated rings. The molecule has 2 amide bonds. The van der Waals surface area contributed by atoms with E-state index in [1.807, 2.05) is 6.92 Å². The Balaban J connectivity index is 2.71. The second-order valence-electron chi connectivity index (χ2n) is 4.34. The molecule has 0 aromatic heterocycles. The zero-order valence-corrected chi connectivity index (χ0v) is 11.6. The molecule has 0 saturated carbocycles. The van der Waals surface area contributed by atoms with Gasteiger partial charge in [-0.05, 0) is 38.6 Å². The molecule has 5 heteroatoms. The van der Waals surface area contributed by atoms with Crippen LogP contribution in [0.5, 0.6) is 0 Å². The van der Waals surface area contributed by atoms with Gasteiger partial charge in [-0.3, -0.25) is 9.59 Å². The van der Waals surface area contributed by atoms with Crippen molar-refractivity contribution in [2.24, 2.45) is 0 Å². The van der Waals surface area contributed by atoms with Gasteiger partial charge in [0.15, 0.2) is 0 Å².